The van der Waals surface area contributed by atoms with E-state index in [0.717, 1.165) is 15.3 Å². The molecule has 0 aliphatic rings. The average Bonchev–Trinajstić information content (AvgIpc) is 3.04. The van der Waals surface area contributed by atoms with Gasteiger partial charge >= 0.3 is 0 Å². The van der Waals surface area contributed by atoms with Gasteiger partial charge in [0.25, 0.3) is 0 Å². The smallest absolute Gasteiger partial charge is 0.208 e. The number of aromatic nitrogens is 2. The van der Waals surface area contributed by atoms with Crippen molar-refractivity contribution in [2.24, 2.45) is 0 Å². The summed E-state index contributed by atoms with van der Waals surface area (Å²) >= 11 is 2.80. The summed E-state index contributed by atoms with van der Waals surface area (Å²) in [6.45, 7) is 0. The second kappa shape index (κ2) is 4.91. The molecule has 6 heteroatoms. The Kier molecular flexibility index (Phi) is 3.12. The summed E-state index contributed by atoms with van der Waals surface area (Å²) in [5, 5.41) is 8.54. The number of rotatable bonds is 4. The third kappa shape index (κ3) is 2.30. The quantitative estimate of drug-likeness (QED) is 0.541. The monoisotopic (exact) mass is 276 g/mol. The molecule has 18 heavy (non-hydrogen) atoms. The molecule has 0 unspecified atom stereocenters. The molecule has 1 aromatic carbocycles. The van der Waals surface area contributed by atoms with Gasteiger partial charge in [0.05, 0.1) is 5.75 Å². The maximum absolute atomic E-state index is 12.0. The summed E-state index contributed by atoms with van der Waals surface area (Å²) in [4.78, 5) is 12.0. The molecule has 0 amide bonds. The van der Waals surface area contributed by atoms with Crippen molar-refractivity contribution in [3.8, 4) is 0 Å². The first-order valence-electron chi connectivity index (χ1n) is 5.24. The van der Waals surface area contributed by atoms with Crippen LogP contribution < -0.4 is 0 Å². The molecular formula is C12H8N2O2S2. The van der Waals surface area contributed by atoms with Crippen molar-refractivity contribution in [2.75, 3.05) is 5.75 Å². The second-order valence-electron chi connectivity index (χ2n) is 3.56. The lowest BCUT2D eigenvalue weighted by Crippen LogP contribution is -2.00. The Balaban J connectivity index is 1.75. The summed E-state index contributed by atoms with van der Waals surface area (Å²) < 4.78 is 6.30. The summed E-state index contributed by atoms with van der Waals surface area (Å²) in [7, 11) is 0. The summed E-state index contributed by atoms with van der Waals surface area (Å²) in [6, 6.07) is 9.36. The van der Waals surface area contributed by atoms with Crippen molar-refractivity contribution in [1.82, 2.24) is 10.2 Å². The molecular weight excluding hydrogens is 268 g/mol. The fraction of sp³-hybridized carbons (Fsp3) is 0.0833. The molecule has 0 N–H and O–H groups in total. The molecule has 90 valence electrons. The van der Waals surface area contributed by atoms with Gasteiger partial charge in [0, 0.05) is 5.39 Å². The first kappa shape index (κ1) is 11.4. The third-order valence-electron chi connectivity index (χ3n) is 2.37. The number of furan rings is 1. The van der Waals surface area contributed by atoms with Gasteiger partial charge in [0.15, 0.2) is 10.1 Å². The lowest BCUT2D eigenvalue weighted by atomic mass is 10.2. The Morgan fingerprint density at radius 2 is 2.28 bits per heavy atom. The maximum atomic E-state index is 12.0. The molecule has 0 aliphatic carbocycles. The zero-order chi connectivity index (χ0) is 12.4. The van der Waals surface area contributed by atoms with Gasteiger partial charge < -0.3 is 4.42 Å². The highest BCUT2D eigenvalue weighted by atomic mass is 32.2. The summed E-state index contributed by atoms with van der Waals surface area (Å²) in [5.74, 6) is 0.675. The van der Waals surface area contributed by atoms with Crippen LogP contribution in [0.1, 0.15) is 10.6 Å². The number of fused-ring (bicyclic) bond motifs is 1. The van der Waals surface area contributed by atoms with E-state index in [9.17, 15) is 4.79 Å². The van der Waals surface area contributed by atoms with E-state index in [1.54, 1.807) is 11.6 Å². The van der Waals surface area contributed by atoms with E-state index < -0.39 is 0 Å². The fourth-order valence-electron chi connectivity index (χ4n) is 1.54. The van der Waals surface area contributed by atoms with Crippen molar-refractivity contribution in [1.29, 1.82) is 0 Å². The van der Waals surface area contributed by atoms with Crippen molar-refractivity contribution < 1.29 is 9.21 Å². The Labute approximate surface area is 111 Å². The van der Waals surface area contributed by atoms with Gasteiger partial charge in [-0.3, -0.25) is 4.79 Å². The van der Waals surface area contributed by atoms with Crippen LogP contribution in [0.3, 0.4) is 0 Å². The van der Waals surface area contributed by atoms with Crippen molar-refractivity contribution in [2.45, 2.75) is 4.34 Å². The molecule has 4 nitrogen and oxygen atoms in total. The van der Waals surface area contributed by atoms with Gasteiger partial charge in [-0.1, -0.05) is 41.3 Å². The average molecular weight is 276 g/mol. The van der Waals surface area contributed by atoms with Crippen molar-refractivity contribution in [3.05, 3.63) is 41.6 Å². The van der Waals surface area contributed by atoms with Crippen LogP contribution in [0.2, 0.25) is 0 Å². The maximum Gasteiger partial charge on any atom is 0.208 e. The lowest BCUT2D eigenvalue weighted by Gasteiger charge is -1.93. The predicted molar refractivity (Wildman–Crippen MR) is 71.2 cm³/mol. The van der Waals surface area contributed by atoms with Gasteiger partial charge in [-0.05, 0) is 12.1 Å². The summed E-state index contributed by atoms with van der Waals surface area (Å²) in [6.07, 6.45) is 0. The molecule has 2 heterocycles. The molecule has 3 aromatic rings. The molecule has 0 atom stereocenters. The molecule has 0 fully saturated rings. The van der Waals surface area contributed by atoms with E-state index in [1.165, 1.54) is 23.1 Å². The zero-order valence-corrected chi connectivity index (χ0v) is 10.8. The third-order valence-corrected chi connectivity index (χ3v) is 4.23. The molecule has 3 rings (SSSR count). The number of Topliss-reactive ketones (excluding diaryl/α,β-unsaturated/α-hetero) is 1. The molecule has 0 saturated heterocycles. The van der Waals surface area contributed by atoms with Crippen molar-refractivity contribution in [3.63, 3.8) is 0 Å². The largest absolute Gasteiger partial charge is 0.453 e. The Morgan fingerprint density at radius 1 is 1.39 bits per heavy atom. The van der Waals surface area contributed by atoms with E-state index in [2.05, 4.69) is 10.2 Å². The second-order valence-corrected chi connectivity index (χ2v) is 5.62. The number of para-hydroxylation sites is 1. The van der Waals surface area contributed by atoms with Gasteiger partial charge in [0.1, 0.15) is 11.1 Å². The number of carbonyl (C=O) groups excluding carboxylic acids is 1. The Bertz CT molecular complexity index is 643. The molecule has 0 spiro atoms. The first-order valence-corrected chi connectivity index (χ1v) is 7.10. The van der Waals surface area contributed by atoms with Crippen LogP contribution in [0.4, 0.5) is 0 Å². The van der Waals surface area contributed by atoms with E-state index in [4.69, 9.17) is 4.42 Å². The zero-order valence-electron chi connectivity index (χ0n) is 9.20. The van der Waals surface area contributed by atoms with Crippen LogP contribution in [-0.4, -0.2) is 21.7 Å². The van der Waals surface area contributed by atoms with E-state index in [0.29, 0.717) is 11.5 Å². The minimum atomic E-state index is -0.0357. The van der Waals surface area contributed by atoms with Crippen LogP contribution in [0, 0.1) is 0 Å². The number of carbonyl (C=O) groups is 1. The minimum Gasteiger partial charge on any atom is -0.453 e. The number of thioether (sulfide) groups is 1. The molecule has 0 saturated carbocycles. The fourth-order valence-corrected chi connectivity index (χ4v) is 2.90. The number of hydrogen-bond acceptors (Lipinski definition) is 6. The molecule has 0 radical (unpaired) electrons. The lowest BCUT2D eigenvalue weighted by molar-refractivity contribution is 0.0994. The summed E-state index contributed by atoms with van der Waals surface area (Å²) in [5.41, 5.74) is 2.38. The van der Waals surface area contributed by atoms with Gasteiger partial charge in [-0.2, -0.15) is 0 Å². The van der Waals surface area contributed by atoms with E-state index >= 15 is 0 Å². The highest BCUT2D eigenvalue weighted by Crippen LogP contribution is 2.23. The number of ketones is 1. The minimum absolute atomic E-state index is 0.0357. The number of nitrogens with zero attached hydrogens (tertiary/aromatic N) is 2. The van der Waals surface area contributed by atoms with Crippen LogP contribution in [0.25, 0.3) is 11.0 Å². The van der Waals surface area contributed by atoms with Crippen LogP contribution in [0.15, 0.2) is 44.6 Å². The predicted octanol–water partition coefficient (Wildman–Crippen LogP) is 3.26. The van der Waals surface area contributed by atoms with Gasteiger partial charge in [0.2, 0.25) is 5.78 Å². The first-order chi connectivity index (χ1) is 8.83. The van der Waals surface area contributed by atoms with E-state index in [1.807, 2.05) is 24.3 Å². The van der Waals surface area contributed by atoms with E-state index in [-0.39, 0.29) is 5.78 Å². The van der Waals surface area contributed by atoms with Gasteiger partial charge in [-0.25, -0.2) is 0 Å². The normalized spacial score (nSPS) is 10.9. The van der Waals surface area contributed by atoms with Gasteiger partial charge in [-0.15, -0.1) is 10.2 Å². The van der Waals surface area contributed by atoms with Crippen LogP contribution in [0.5, 0.6) is 0 Å². The molecule has 2 aromatic heterocycles. The standard InChI is InChI=1S/C12H8N2O2S2/c15-9(6-17-12-14-13-7-18-12)11-5-8-3-1-2-4-10(8)16-11/h1-5,7H,6H2. The SMILES string of the molecule is O=C(CSc1nncs1)c1cc2ccccc2o1. The van der Waals surface area contributed by atoms with Crippen molar-refractivity contribution >= 4 is 39.9 Å². The highest BCUT2D eigenvalue weighted by Gasteiger charge is 2.13. The number of hydrogen-bond donors (Lipinski definition) is 0. The van der Waals surface area contributed by atoms with Crippen LogP contribution in [-0.2, 0) is 0 Å². The van der Waals surface area contributed by atoms with Crippen LogP contribution >= 0.6 is 23.1 Å². The Hall–Kier alpha value is -1.66. The topological polar surface area (TPSA) is 56.0 Å². The Morgan fingerprint density at radius 3 is 3.06 bits per heavy atom. The number of benzene rings is 1. The molecule has 0 aliphatic heterocycles. The highest BCUT2D eigenvalue weighted by molar-refractivity contribution is 8.01. The molecule has 0 bridgehead atoms.